The van der Waals surface area contributed by atoms with E-state index in [0.29, 0.717) is 12.4 Å². The Labute approximate surface area is 119 Å². The van der Waals surface area contributed by atoms with E-state index in [9.17, 15) is 0 Å². The molecule has 0 aliphatic carbocycles. The third-order valence-electron chi connectivity index (χ3n) is 3.14. The third-order valence-corrected chi connectivity index (χ3v) is 3.14. The molecule has 2 aromatic rings. The van der Waals surface area contributed by atoms with Crippen LogP contribution in [0.5, 0.6) is 5.88 Å². The van der Waals surface area contributed by atoms with Gasteiger partial charge in [0.15, 0.2) is 0 Å². The van der Waals surface area contributed by atoms with Gasteiger partial charge in [-0.05, 0) is 13.0 Å². The molecule has 2 rings (SSSR count). The van der Waals surface area contributed by atoms with Crippen LogP contribution in [0.4, 0.5) is 11.4 Å². The van der Waals surface area contributed by atoms with E-state index < -0.39 is 0 Å². The number of ether oxygens (including phenoxy) is 1. The standard InChI is InChI=1S/C14H21N5O/c1-10-11(9-19(4)17-10)8-16-13-12(18(2)3)6-7-15-14(13)20-5/h6-7,9,16H,8H2,1-5H3. The molecule has 0 fully saturated rings. The Bertz CT molecular complexity index is 591. The third kappa shape index (κ3) is 2.84. The Kier molecular flexibility index (Phi) is 4.12. The van der Waals surface area contributed by atoms with Crippen LogP contribution < -0.4 is 15.0 Å². The predicted molar refractivity (Wildman–Crippen MR) is 80.4 cm³/mol. The van der Waals surface area contributed by atoms with Crippen LogP contribution in [0.15, 0.2) is 18.5 Å². The van der Waals surface area contributed by atoms with E-state index in [1.165, 1.54) is 0 Å². The summed E-state index contributed by atoms with van der Waals surface area (Å²) in [6, 6.07) is 1.96. The zero-order valence-electron chi connectivity index (χ0n) is 12.6. The van der Waals surface area contributed by atoms with Gasteiger partial charge in [-0.1, -0.05) is 0 Å². The maximum absolute atomic E-state index is 5.34. The smallest absolute Gasteiger partial charge is 0.239 e. The lowest BCUT2D eigenvalue weighted by atomic mass is 10.2. The second-order valence-electron chi connectivity index (χ2n) is 4.88. The summed E-state index contributed by atoms with van der Waals surface area (Å²) < 4.78 is 7.16. The molecule has 2 aromatic heterocycles. The van der Waals surface area contributed by atoms with Crippen molar-refractivity contribution in [2.75, 3.05) is 31.4 Å². The molecule has 0 saturated carbocycles. The fourth-order valence-corrected chi connectivity index (χ4v) is 2.13. The molecule has 2 heterocycles. The van der Waals surface area contributed by atoms with Crippen molar-refractivity contribution in [3.8, 4) is 5.88 Å². The number of rotatable bonds is 5. The van der Waals surface area contributed by atoms with Crippen LogP contribution in [-0.2, 0) is 13.6 Å². The molecule has 0 unspecified atom stereocenters. The van der Waals surface area contributed by atoms with Gasteiger partial charge in [-0.25, -0.2) is 4.98 Å². The number of aromatic nitrogens is 3. The second kappa shape index (κ2) is 5.81. The van der Waals surface area contributed by atoms with E-state index in [1.807, 2.05) is 49.9 Å². The van der Waals surface area contributed by atoms with Crippen molar-refractivity contribution in [1.29, 1.82) is 0 Å². The number of methoxy groups -OCH3 is 1. The molecule has 20 heavy (non-hydrogen) atoms. The first kappa shape index (κ1) is 14.2. The van der Waals surface area contributed by atoms with E-state index in [4.69, 9.17) is 4.74 Å². The maximum Gasteiger partial charge on any atom is 0.239 e. The van der Waals surface area contributed by atoms with Gasteiger partial charge in [0.2, 0.25) is 5.88 Å². The highest BCUT2D eigenvalue weighted by Crippen LogP contribution is 2.32. The van der Waals surface area contributed by atoms with Crippen molar-refractivity contribution in [3.05, 3.63) is 29.7 Å². The van der Waals surface area contributed by atoms with Crippen LogP contribution in [0, 0.1) is 6.92 Å². The van der Waals surface area contributed by atoms with Gasteiger partial charge in [0.1, 0.15) is 5.69 Å². The van der Waals surface area contributed by atoms with E-state index in [2.05, 4.69) is 15.4 Å². The average Bonchev–Trinajstić information content (AvgIpc) is 2.74. The van der Waals surface area contributed by atoms with Crippen molar-refractivity contribution in [2.45, 2.75) is 13.5 Å². The lowest BCUT2D eigenvalue weighted by molar-refractivity contribution is 0.400. The molecule has 108 valence electrons. The summed E-state index contributed by atoms with van der Waals surface area (Å²) in [5.74, 6) is 0.595. The first-order valence-corrected chi connectivity index (χ1v) is 6.46. The summed E-state index contributed by atoms with van der Waals surface area (Å²) in [5, 5.41) is 7.74. The summed E-state index contributed by atoms with van der Waals surface area (Å²) >= 11 is 0. The summed E-state index contributed by atoms with van der Waals surface area (Å²) in [6.07, 6.45) is 3.76. The Morgan fingerprint density at radius 1 is 1.40 bits per heavy atom. The van der Waals surface area contributed by atoms with Gasteiger partial charge in [0.05, 0.1) is 18.5 Å². The molecule has 0 aliphatic heterocycles. The van der Waals surface area contributed by atoms with E-state index in [-0.39, 0.29) is 0 Å². The minimum Gasteiger partial charge on any atom is -0.479 e. The highest BCUT2D eigenvalue weighted by Gasteiger charge is 2.12. The minimum atomic E-state index is 0.595. The SMILES string of the molecule is COc1nccc(N(C)C)c1NCc1cn(C)nc1C. The monoisotopic (exact) mass is 275 g/mol. The number of anilines is 2. The van der Waals surface area contributed by atoms with Gasteiger partial charge in [0, 0.05) is 45.6 Å². The van der Waals surface area contributed by atoms with Crippen LogP contribution in [0.25, 0.3) is 0 Å². The molecular formula is C14H21N5O. The Morgan fingerprint density at radius 3 is 2.70 bits per heavy atom. The zero-order valence-corrected chi connectivity index (χ0v) is 12.6. The van der Waals surface area contributed by atoms with Crippen LogP contribution in [-0.4, -0.2) is 36.0 Å². The summed E-state index contributed by atoms with van der Waals surface area (Å²) in [6.45, 7) is 2.69. The molecule has 1 N–H and O–H groups in total. The lowest BCUT2D eigenvalue weighted by Crippen LogP contribution is -2.13. The predicted octanol–water partition coefficient (Wildman–Crippen LogP) is 1.81. The van der Waals surface area contributed by atoms with Gasteiger partial charge >= 0.3 is 0 Å². The Hall–Kier alpha value is -2.24. The molecule has 6 nitrogen and oxygen atoms in total. The first-order chi connectivity index (χ1) is 9.52. The normalized spacial score (nSPS) is 10.4. The van der Waals surface area contributed by atoms with Crippen LogP contribution in [0.1, 0.15) is 11.3 Å². The largest absolute Gasteiger partial charge is 0.479 e. The molecular weight excluding hydrogens is 254 g/mol. The van der Waals surface area contributed by atoms with Crippen molar-refractivity contribution < 1.29 is 4.74 Å². The first-order valence-electron chi connectivity index (χ1n) is 6.46. The number of hydrogen-bond acceptors (Lipinski definition) is 5. The molecule has 0 saturated heterocycles. The van der Waals surface area contributed by atoms with Gasteiger partial charge < -0.3 is 15.0 Å². The number of nitrogens with zero attached hydrogens (tertiary/aromatic N) is 4. The fraction of sp³-hybridized carbons (Fsp3) is 0.429. The Morgan fingerprint density at radius 2 is 2.15 bits per heavy atom. The maximum atomic E-state index is 5.34. The quantitative estimate of drug-likeness (QED) is 0.902. The molecule has 0 radical (unpaired) electrons. The van der Waals surface area contributed by atoms with Gasteiger partial charge in [-0.15, -0.1) is 0 Å². The topological polar surface area (TPSA) is 55.2 Å². The van der Waals surface area contributed by atoms with Crippen molar-refractivity contribution >= 4 is 11.4 Å². The lowest BCUT2D eigenvalue weighted by Gasteiger charge is -2.19. The van der Waals surface area contributed by atoms with Crippen molar-refractivity contribution in [1.82, 2.24) is 14.8 Å². The molecule has 0 atom stereocenters. The zero-order chi connectivity index (χ0) is 14.7. The minimum absolute atomic E-state index is 0.595. The molecule has 0 spiro atoms. The average molecular weight is 275 g/mol. The van der Waals surface area contributed by atoms with Gasteiger partial charge in [0.25, 0.3) is 0 Å². The number of nitrogens with one attached hydrogen (secondary N) is 1. The van der Waals surface area contributed by atoms with Crippen LogP contribution >= 0.6 is 0 Å². The van der Waals surface area contributed by atoms with Crippen LogP contribution in [0.3, 0.4) is 0 Å². The van der Waals surface area contributed by atoms with E-state index >= 15 is 0 Å². The number of aryl methyl sites for hydroxylation is 2. The van der Waals surface area contributed by atoms with E-state index in [1.54, 1.807) is 13.3 Å². The summed E-state index contributed by atoms with van der Waals surface area (Å²) in [4.78, 5) is 6.28. The van der Waals surface area contributed by atoms with Gasteiger partial charge in [-0.2, -0.15) is 5.10 Å². The van der Waals surface area contributed by atoms with Crippen LogP contribution in [0.2, 0.25) is 0 Å². The summed E-state index contributed by atoms with van der Waals surface area (Å²) in [7, 11) is 7.54. The van der Waals surface area contributed by atoms with Crippen molar-refractivity contribution in [2.24, 2.45) is 7.05 Å². The molecule has 0 aliphatic rings. The second-order valence-corrected chi connectivity index (χ2v) is 4.88. The number of pyridine rings is 1. The van der Waals surface area contributed by atoms with E-state index in [0.717, 1.165) is 22.6 Å². The molecule has 6 heteroatoms. The highest BCUT2D eigenvalue weighted by atomic mass is 16.5. The molecule has 0 amide bonds. The summed E-state index contributed by atoms with van der Waals surface area (Å²) in [5.41, 5.74) is 4.11. The highest BCUT2D eigenvalue weighted by molar-refractivity contribution is 5.74. The Balaban J connectivity index is 2.26. The van der Waals surface area contributed by atoms with Crippen molar-refractivity contribution in [3.63, 3.8) is 0 Å². The molecule has 0 bridgehead atoms. The fourth-order valence-electron chi connectivity index (χ4n) is 2.13. The molecule has 0 aromatic carbocycles. The van der Waals surface area contributed by atoms with Gasteiger partial charge in [-0.3, -0.25) is 4.68 Å². The number of hydrogen-bond donors (Lipinski definition) is 1.